The first-order valence-corrected chi connectivity index (χ1v) is 7.57. The summed E-state index contributed by atoms with van der Waals surface area (Å²) in [6.07, 6.45) is 1.85. The second kappa shape index (κ2) is 7.17. The highest BCUT2D eigenvalue weighted by Gasteiger charge is 2.16. The molecule has 19 heavy (non-hydrogen) atoms. The van der Waals surface area contributed by atoms with Crippen LogP contribution in [0, 0.1) is 0 Å². The van der Waals surface area contributed by atoms with Crippen molar-refractivity contribution in [2.24, 2.45) is 0 Å². The molecule has 1 aromatic carbocycles. The Balaban J connectivity index is 1.73. The lowest BCUT2D eigenvalue weighted by atomic mass is 10.1. The van der Waals surface area contributed by atoms with Gasteiger partial charge in [0.15, 0.2) is 5.78 Å². The van der Waals surface area contributed by atoms with E-state index in [-0.39, 0.29) is 5.78 Å². The average molecular weight is 326 g/mol. The molecule has 0 amide bonds. The first-order chi connectivity index (χ1) is 9.15. The third-order valence-electron chi connectivity index (χ3n) is 3.37. The van der Waals surface area contributed by atoms with Crippen LogP contribution in [0.3, 0.4) is 0 Å². The van der Waals surface area contributed by atoms with Gasteiger partial charge in [-0.3, -0.25) is 9.69 Å². The normalized spacial score (nSPS) is 20.4. The van der Waals surface area contributed by atoms with E-state index in [2.05, 4.69) is 27.8 Å². The van der Waals surface area contributed by atoms with Gasteiger partial charge in [-0.05, 0) is 32.0 Å². The Kier molecular flexibility index (Phi) is 5.55. The largest absolute Gasteiger partial charge is 0.376 e. The second-order valence-electron chi connectivity index (χ2n) is 5.02. The van der Waals surface area contributed by atoms with Gasteiger partial charge in [0.1, 0.15) is 0 Å². The van der Waals surface area contributed by atoms with Gasteiger partial charge in [0.25, 0.3) is 0 Å². The number of benzene rings is 1. The van der Waals surface area contributed by atoms with Crippen molar-refractivity contribution in [3.8, 4) is 0 Å². The van der Waals surface area contributed by atoms with Crippen molar-refractivity contribution >= 4 is 21.7 Å². The third kappa shape index (κ3) is 4.71. The van der Waals surface area contributed by atoms with E-state index >= 15 is 0 Å². The molecule has 4 heteroatoms. The molecule has 0 bridgehead atoms. The van der Waals surface area contributed by atoms with E-state index in [0.717, 1.165) is 42.7 Å². The number of carbonyl (C=O) groups is 1. The number of nitrogens with zero attached hydrogens (tertiary/aromatic N) is 1. The van der Waals surface area contributed by atoms with Crippen LogP contribution in [0.5, 0.6) is 0 Å². The molecule has 0 aliphatic carbocycles. The molecule has 1 unspecified atom stereocenters. The highest BCUT2D eigenvalue weighted by molar-refractivity contribution is 9.10. The minimum Gasteiger partial charge on any atom is -0.376 e. The quantitative estimate of drug-likeness (QED) is 0.779. The van der Waals surface area contributed by atoms with Gasteiger partial charge in [0.2, 0.25) is 0 Å². The summed E-state index contributed by atoms with van der Waals surface area (Å²) in [5.41, 5.74) is 0.804. The van der Waals surface area contributed by atoms with Crippen LogP contribution in [0.4, 0.5) is 0 Å². The number of morpholine rings is 1. The predicted molar refractivity (Wildman–Crippen MR) is 79.6 cm³/mol. The molecule has 1 fully saturated rings. The Labute approximate surface area is 123 Å². The molecule has 2 rings (SSSR count). The van der Waals surface area contributed by atoms with Crippen molar-refractivity contribution in [3.05, 3.63) is 34.3 Å². The Morgan fingerprint density at radius 3 is 2.84 bits per heavy atom. The molecular formula is C15H20BrNO2. The molecule has 0 aromatic heterocycles. The Hall–Kier alpha value is -0.710. The predicted octanol–water partition coefficient (Wildman–Crippen LogP) is 3.13. The lowest BCUT2D eigenvalue weighted by Crippen LogP contribution is -2.41. The topological polar surface area (TPSA) is 29.5 Å². The van der Waals surface area contributed by atoms with Gasteiger partial charge in [-0.15, -0.1) is 0 Å². The average Bonchev–Trinajstić information content (AvgIpc) is 2.39. The lowest BCUT2D eigenvalue weighted by Gasteiger charge is -2.30. The number of rotatable bonds is 5. The maximum Gasteiger partial charge on any atom is 0.162 e. The summed E-state index contributed by atoms with van der Waals surface area (Å²) in [4.78, 5) is 14.4. The molecule has 0 spiro atoms. The number of ketones is 1. The molecule has 1 atom stereocenters. The molecule has 0 radical (unpaired) electrons. The van der Waals surface area contributed by atoms with Crippen LogP contribution in [-0.2, 0) is 4.74 Å². The Bertz CT molecular complexity index is 419. The van der Waals surface area contributed by atoms with Gasteiger partial charge in [0.05, 0.1) is 12.7 Å². The fourth-order valence-electron chi connectivity index (χ4n) is 2.34. The van der Waals surface area contributed by atoms with Crippen molar-refractivity contribution in [2.45, 2.75) is 25.9 Å². The zero-order valence-corrected chi connectivity index (χ0v) is 12.9. The highest BCUT2D eigenvalue weighted by atomic mass is 79.9. The third-order valence-corrected chi connectivity index (χ3v) is 3.90. The first-order valence-electron chi connectivity index (χ1n) is 6.78. The minimum atomic E-state index is 0.230. The Morgan fingerprint density at radius 1 is 1.42 bits per heavy atom. The molecule has 1 saturated heterocycles. The fraction of sp³-hybridized carbons (Fsp3) is 0.533. The van der Waals surface area contributed by atoms with Crippen LogP contribution in [0.25, 0.3) is 0 Å². The molecule has 1 aliphatic heterocycles. The van der Waals surface area contributed by atoms with Crippen LogP contribution < -0.4 is 0 Å². The minimum absolute atomic E-state index is 0.230. The molecule has 104 valence electrons. The van der Waals surface area contributed by atoms with E-state index in [1.807, 2.05) is 24.3 Å². The number of halogens is 1. The summed E-state index contributed by atoms with van der Waals surface area (Å²) in [6.45, 7) is 5.85. The van der Waals surface area contributed by atoms with Gasteiger partial charge < -0.3 is 4.74 Å². The van der Waals surface area contributed by atoms with Gasteiger partial charge >= 0.3 is 0 Å². The zero-order valence-electron chi connectivity index (χ0n) is 11.3. The van der Waals surface area contributed by atoms with Crippen LogP contribution in [0.1, 0.15) is 30.1 Å². The standard InChI is InChI=1S/C15H20BrNO2/c1-12-11-17(9-10-19-12)8-2-3-15(18)13-4-6-14(16)7-5-13/h4-7,12H,2-3,8-11H2,1H3. The van der Waals surface area contributed by atoms with E-state index < -0.39 is 0 Å². The molecule has 0 N–H and O–H groups in total. The van der Waals surface area contributed by atoms with Crippen molar-refractivity contribution in [3.63, 3.8) is 0 Å². The number of hydrogen-bond donors (Lipinski definition) is 0. The lowest BCUT2D eigenvalue weighted by molar-refractivity contribution is -0.0184. The summed E-state index contributed by atoms with van der Waals surface area (Å²) in [6, 6.07) is 7.58. The Morgan fingerprint density at radius 2 is 2.16 bits per heavy atom. The monoisotopic (exact) mass is 325 g/mol. The van der Waals surface area contributed by atoms with Gasteiger partial charge in [-0.25, -0.2) is 0 Å². The zero-order chi connectivity index (χ0) is 13.7. The summed E-state index contributed by atoms with van der Waals surface area (Å²) >= 11 is 3.38. The van der Waals surface area contributed by atoms with Gasteiger partial charge in [-0.2, -0.15) is 0 Å². The summed E-state index contributed by atoms with van der Waals surface area (Å²) < 4.78 is 6.51. The van der Waals surface area contributed by atoms with Gasteiger partial charge in [0, 0.05) is 29.5 Å². The SMILES string of the molecule is CC1CN(CCCC(=O)c2ccc(Br)cc2)CCO1. The van der Waals surface area contributed by atoms with E-state index in [9.17, 15) is 4.79 Å². The van der Waals surface area contributed by atoms with Crippen LogP contribution in [0.2, 0.25) is 0 Å². The molecule has 3 nitrogen and oxygen atoms in total. The molecule has 1 aliphatic rings. The molecular weight excluding hydrogens is 306 g/mol. The van der Waals surface area contributed by atoms with Crippen molar-refractivity contribution < 1.29 is 9.53 Å². The number of hydrogen-bond acceptors (Lipinski definition) is 3. The summed E-state index contributed by atoms with van der Waals surface area (Å²) in [5, 5.41) is 0. The van der Waals surface area contributed by atoms with Crippen LogP contribution >= 0.6 is 15.9 Å². The fourth-order valence-corrected chi connectivity index (χ4v) is 2.60. The van der Waals surface area contributed by atoms with Crippen LogP contribution in [0.15, 0.2) is 28.7 Å². The van der Waals surface area contributed by atoms with E-state index in [0.29, 0.717) is 12.5 Å². The van der Waals surface area contributed by atoms with Crippen molar-refractivity contribution in [2.75, 3.05) is 26.2 Å². The van der Waals surface area contributed by atoms with Gasteiger partial charge in [-0.1, -0.05) is 28.1 Å². The summed E-state index contributed by atoms with van der Waals surface area (Å²) in [7, 11) is 0. The van der Waals surface area contributed by atoms with Crippen molar-refractivity contribution in [1.82, 2.24) is 4.90 Å². The number of ether oxygens (including phenoxy) is 1. The molecule has 1 heterocycles. The number of carbonyl (C=O) groups excluding carboxylic acids is 1. The highest BCUT2D eigenvalue weighted by Crippen LogP contribution is 2.13. The second-order valence-corrected chi connectivity index (χ2v) is 5.93. The maximum atomic E-state index is 12.0. The van der Waals surface area contributed by atoms with Crippen LogP contribution in [-0.4, -0.2) is 43.0 Å². The van der Waals surface area contributed by atoms with E-state index in [4.69, 9.17) is 4.74 Å². The first kappa shape index (κ1) is 14.7. The van der Waals surface area contributed by atoms with Crippen molar-refractivity contribution in [1.29, 1.82) is 0 Å². The van der Waals surface area contributed by atoms with E-state index in [1.165, 1.54) is 0 Å². The molecule has 1 aromatic rings. The summed E-state index contributed by atoms with van der Waals surface area (Å²) in [5.74, 6) is 0.230. The smallest absolute Gasteiger partial charge is 0.162 e. The number of Topliss-reactive ketones (excluding diaryl/α,β-unsaturated/α-hetero) is 1. The van der Waals surface area contributed by atoms with E-state index in [1.54, 1.807) is 0 Å². The molecule has 0 saturated carbocycles. The maximum absolute atomic E-state index is 12.0.